The standard InChI is InChI=1S/C26H33N5O4/c1-18-7-12-23(19(2)15-18)35-14-6-5-13-27-26(32)31-30-24-25(34-4)29-21(17-28-24)16-20-8-10-22(33-3)11-9-20/h7-12,15,17H,5-6,13-14,16H2,1-4H3,(H,28,30)(H2,27,31,32). The van der Waals surface area contributed by atoms with Crippen molar-refractivity contribution in [1.29, 1.82) is 0 Å². The number of hydrogen-bond acceptors (Lipinski definition) is 7. The van der Waals surface area contributed by atoms with Crippen molar-refractivity contribution in [3.63, 3.8) is 0 Å². The molecule has 9 heteroatoms. The van der Waals surface area contributed by atoms with Crippen molar-refractivity contribution < 1.29 is 19.0 Å². The summed E-state index contributed by atoms with van der Waals surface area (Å²) in [6.45, 7) is 5.22. The van der Waals surface area contributed by atoms with Crippen LogP contribution in [0.3, 0.4) is 0 Å². The molecule has 3 N–H and O–H groups in total. The van der Waals surface area contributed by atoms with E-state index in [1.807, 2.05) is 43.3 Å². The number of hydrazine groups is 1. The lowest BCUT2D eigenvalue weighted by molar-refractivity contribution is 0.241. The molecule has 0 saturated heterocycles. The number of hydrogen-bond donors (Lipinski definition) is 3. The predicted octanol–water partition coefficient (Wildman–Crippen LogP) is 4.19. The molecule has 3 aromatic rings. The first kappa shape index (κ1) is 25.6. The number of amides is 2. The normalized spacial score (nSPS) is 10.4. The van der Waals surface area contributed by atoms with Crippen molar-refractivity contribution in [2.75, 3.05) is 32.8 Å². The number of methoxy groups -OCH3 is 2. The molecule has 2 amide bonds. The van der Waals surface area contributed by atoms with E-state index in [4.69, 9.17) is 14.2 Å². The summed E-state index contributed by atoms with van der Waals surface area (Å²) in [4.78, 5) is 20.9. The van der Waals surface area contributed by atoms with Gasteiger partial charge < -0.3 is 19.5 Å². The molecule has 35 heavy (non-hydrogen) atoms. The lowest BCUT2D eigenvalue weighted by Gasteiger charge is -2.13. The molecule has 0 saturated carbocycles. The van der Waals surface area contributed by atoms with E-state index in [0.717, 1.165) is 41.2 Å². The second kappa shape index (κ2) is 13.0. The molecule has 3 rings (SSSR count). The van der Waals surface area contributed by atoms with E-state index in [2.05, 4.69) is 39.1 Å². The smallest absolute Gasteiger partial charge is 0.333 e. The SMILES string of the molecule is COc1ccc(Cc2cnc(NNC(=O)NCCCCOc3ccc(C)cc3C)c(OC)n2)cc1. The number of nitrogens with one attached hydrogen (secondary N) is 3. The van der Waals surface area contributed by atoms with Crippen LogP contribution in [0.15, 0.2) is 48.7 Å². The number of aromatic nitrogens is 2. The van der Waals surface area contributed by atoms with Crippen molar-refractivity contribution >= 4 is 11.8 Å². The highest BCUT2D eigenvalue weighted by molar-refractivity contribution is 5.75. The Morgan fingerprint density at radius 1 is 1.00 bits per heavy atom. The van der Waals surface area contributed by atoms with Gasteiger partial charge in [0.15, 0.2) is 0 Å². The summed E-state index contributed by atoms with van der Waals surface area (Å²) in [5.41, 5.74) is 9.46. The Kier molecular flexibility index (Phi) is 9.53. The van der Waals surface area contributed by atoms with Crippen LogP contribution in [0.1, 0.15) is 35.2 Å². The fourth-order valence-electron chi connectivity index (χ4n) is 3.40. The van der Waals surface area contributed by atoms with E-state index < -0.39 is 0 Å². The quantitative estimate of drug-likeness (QED) is 0.264. The van der Waals surface area contributed by atoms with Crippen LogP contribution in [0.2, 0.25) is 0 Å². The molecule has 0 fully saturated rings. The first-order valence-corrected chi connectivity index (χ1v) is 11.5. The fraction of sp³-hybridized carbons (Fsp3) is 0.346. The zero-order chi connectivity index (χ0) is 25.0. The summed E-state index contributed by atoms with van der Waals surface area (Å²) in [5.74, 6) is 2.31. The third-order valence-electron chi connectivity index (χ3n) is 5.27. The third kappa shape index (κ3) is 8.06. The van der Waals surface area contributed by atoms with Gasteiger partial charge in [-0.3, -0.25) is 10.9 Å². The maximum atomic E-state index is 12.1. The zero-order valence-corrected chi connectivity index (χ0v) is 20.7. The summed E-state index contributed by atoms with van der Waals surface area (Å²) >= 11 is 0. The topological polar surface area (TPSA) is 107 Å². The number of anilines is 1. The zero-order valence-electron chi connectivity index (χ0n) is 20.7. The molecule has 0 aliphatic carbocycles. The third-order valence-corrected chi connectivity index (χ3v) is 5.27. The minimum absolute atomic E-state index is 0.292. The van der Waals surface area contributed by atoms with Crippen LogP contribution in [0.5, 0.6) is 17.4 Å². The van der Waals surface area contributed by atoms with E-state index >= 15 is 0 Å². The number of nitrogens with zero attached hydrogens (tertiary/aromatic N) is 2. The first-order chi connectivity index (χ1) is 17.0. The molecule has 0 aliphatic rings. The molecule has 0 bridgehead atoms. The second-order valence-electron chi connectivity index (χ2n) is 8.07. The monoisotopic (exact) mass is 479 g/mol. The summed E-state index contributed by atoms with van der Waals surface area (Å²) < 4.78 is 16.3. The van der Waals surface area contributed by atoms with Gasteiger partial charge in [0.25, 0.3) is 5.88 Å². The van der Waals surface area contributed by atoms with Crippen molar-refractivity contribution in [2.24, 2.45) is 0 Å². The highest BCUT2D eigenvalue weighted by atomic mass is 16.5. The van der Waals surface area contributed by atoms with Crippen molar-refractivity contribution in [2.45, 2.75) is 33.1 Å². The van der Waals surface area contributed by atoms with Gasteiger partial charge in [0.05, 0.1) is 32.7 Å². The van der Waals surface area contributed by atoms with Gasteiger partial charge in [-0.2, -0.15) is 0 Å². The largest absolute Gasteiger partial charge is 0.497 e. The van der Waals surface area contributed by atoms with Gasteiger partial charge in [0, 0.05) is 13.0 Å². The lowest BCUT2D eigenvalue weighted by atomic mass is 10.1. The molecule has 2 aromatic carbocycles. The van der Waals surface area contributed by atoms with Gasteiger partial charge in [-0.15, -0.1) is 0 Å². The van der Waals surface area contributed by atoms with E-state index in [0.29, 0.717) is 31.3 Å². The minimum atomic E-state index is -0.369. The van der Waals surface area contributed by atoms with E-state index in [9.17, 15) is 4.79 Å². The Bertz CT molecular complexity index is 1110. The number of ether oxygens (including phenoxy) is 3. The van der Waals surface area contributed by atoms with Crippen molar-refractivity contribution in [3.05, 3.63) is 71.0 Å². The number of unbranched alkanes of at least 4 members (excludes halogenated alkanes) is 1. The van der Waals surface area contributed by atoms with Crippen LogP contribution in [0, 0.1) is 13.8 Å². The molecule has 0 radical (unpaired) electrons. The number of rotatable bonds is 12. The Hall–Kier alpha value is -4.01. The Balaban J connectivity index is 1.37. The molecule has 0 aliphatic heterocycles. The van der Waals surface area contributed by atoms with Crippen LogP contribution >= 0.6 is 0 Å². The number of carbonyl (C=O) groups excluding carboxylic acids is 1. The molecule has 1 heterocycles. The second-order valence-corrected chi connectivity index (χ2v) is 8.07. The maximum Gasteiger partial charge on any atom is 0.333 e. The fourth-order valence-corrected chi connectivity index (χ4v) is 3.40. The van der Waals surface area contributed by atoms with E-state index in [1.54, 1.807) is 13.3 Å². The highest BCUT2D eigenvalue weighted by Crippen LogP contribution is 2.20. The van der Waals surface area contributed by atoms with E-state index in [-0.39, 0.29) is 6.03 Å². The van der Waals surface area contributed by atoms with Gasteiger partial charge in [-0.05, 0) is 56.0 Å². The van der Waals surface area contributed by atoms with Crippen molar-refractivity contribution in [3.8, 4) is 17.4 Å². The number of urea groups is 1. The van der Waals surface area contributed by atoms with E-state index in [1.165, 1.54) is 12.7 Å². The molecule has 1 aromatic heterocycles. The first-order valence-electron chi connectivity index (χ1n) is 11.5. The highest BCUT2D eigenvalue weighted by Gasteiger charge is 2.10. The summed E-state index contributed by atoms with van der Waals surface area (Å²) in [7, 11) is 3.14. The summed E-state index contributed by atoms with van der Waals surface area (Å²) in [6.07, 6.45) is 3.86. The van der Waals surface area contributed by atoms with Crippen LogP contribution in [0.25, 0.3) is 0 Å². The number of aryl methyl sites for hydroxylation is 2. The van der Waals surface area contributed by atoms with Gasteiger partial charge in [-0.25, -0.2) is 14.8 Å². The molecule has 9 nitrogen and oxygen atoms in total. The molecule has 0 spiro atoms. The molecular weight excluding hydrogens is 446 g/mol. The minimum Gasteiger partial charge on any atom is -0.497 e. The number of benzene rings is 2. The number of carbonyl (C=O) groups is 1. The van der Waals surface area contributed by atoms with Gasteiger partial charge >= 0.3 is 6.03 Å². The predicted molar refractivity (Wildman–Crippen MR) is 135 cm³/mol. The van der Waals surface area contributed by atoms with Crippen LogP contribution in [0.4, 0.5) is 10.6 Å². The maximum absolute atomic E-state index is 12.1. The molecule has 186 valence electrons. The molecule has 0 unspecified atom stereocenters. The average Bonchev–Trinajstić information content (AvgIpc) is 2.86. The Morgan fingerprint density at radius 3 is 2.51 bits per heavy atom. The van der Waals surface area contributed by atoms with Gasteiger partial charge in [-0.1, -0.05) is 29.8 Å². The van der Waals surface area contributed by atoms with Crippen LogP contribution in [-0.2, 0) is 6.42 Å². The Labute approximate surface area is 206 Å². The van der Waals surface area contributed by atoms with Gasteiger partial charge in [0.2, 0.25) is 5.82 Å². The molecule has 0 atom stereocenters. The molecular formula is C26H33N5O4. The van der Waals surface area contributed by atoms with Crippen LogP contribution < -0.4 is 30.4 Å². The van der Waals surface area contributed by atoms with Crippen LogP contribution in [-0.4, -0.2) is 43.4 Å². The van der Waals surface area contributed by atoms with Gasteiger partial charge in [0.1, 0.15) is 11.5 Å². The van der Waals surface area contributed by atoms with Crippen molar-refractivity contribution in [1.82, 2.24) is 20.7 Å². The Morgan fingerprint density at radius 2 is 1.80 bits per heavy atom. The summed E-state index contributed by atoms with van der Waals surface area (Å²) in [5, 5.41) is 2.79. The average molecular weight is 480 g/mol. The summed E-state index contributed by atoms with van der Waals surface area (Å²) in [6, 6.07) is 13.5. The lowest BCUT2D eigenvalue weighted by Crippen LogP contribution is -2.39.